The molecule has 7 nitrogen and oxygen atoms in total. The maximum absolute atomic E-state index is 12.4. The van der Waals surface area contributed by atoms with Gasteiger partial charge in [0.05, 0.1) is 18.1 Å². The number of nitrogens with one attached hydrogen (secondary N) is 1. The van der Waals surface area contributed by atoms with E-state index in [1.54, 1.807) is 41.4 Å². The van der Waals surface area contributed by atoms with Gasteiger partial charge < -0.3 is 19.5 Å². The maximum Gasteiger partial charge on any atom is 0.289 e. The molecule has 3 aromatic rings. The fraction of sp³-hybridized carbons (Fsp3) is 0.174. The molecular weight excluding hydrogens is 416 g/mol. The van der Waals surface area contributed by atoms with E-state index in [9.17, 15) is 9.59 Å². The SMILES string of the molecule is O=C(/C=C/c1ccc(Cl)cc1)Nc1ccc(N2CCN(C(=O)c3ccco3)CC2)nc1. The third-order valence-corrected chi connectivity index (χ3v) is 5.19. The molecule has 0 atom stereocenters. The Balaban J connectivity index is 1.29. The topological polar surface area (TPSA) is 78.7 Å². The van der Waals surface area contributed by atoms with Crippen LogP contribution < -0.4 is 10.2 Å². The van der Waals surface area contributed by atoms with Crippen LogP contribution in [0, 0.1) is 0 Å². The molecule has 2 aromatic heterocycles. The molecule has 1 aliphatic heterocycles. The summed E-state index contributed by atoms with van der Waals surface area (Å²) in [6.07, 6.45) is 6.31. The lowest BCUT2D eigenvalue weighted by Gasteiger charge is -2.35. The molecule has 1 N–H and O–H groups in total. The van der Waals surface area contributed by atoms with Crippen LogP contribution in [0.5, 0.6) is 0 Å². The first-order valence-corrected chi connectivity index (χ1v) is 10.2. The fourth-order valence-electron chi connectivity index (χ4n) is 3.27. The van der Waals surface area contributed by atoms with Gasteiger partial charge in [-0.2, -0.15) is 0 Å². The molecule has 1 fully saturated rings. The van der Waals surface area contributed by atoms with Crippen LogP contribution in [0.3, 0.4) is 0 Å². The van der Waals surface area contributed by atoms with Crippen molar-refractivity contribution in [1.29, 1.82) is 0 Å². The van der Waals surface area contributed by atoms with E-state index >= 15 is 0 Å². The molecule has 2 amide bonds. The lowest BCUT2D eigenvalue weighted by atomic mass is 10.2. The largest absolute Gasteiger partial charge is 0.459 e. The Morgan fingerprint density at radius 2 is 1.81 bits per heavy atom. The molecule has 0 unspecified atom stereocenters. The molecule has 4 rings (SSSR count). The Labute approximate surface area is 184 Å². The molecule has 3 heterocycles. The summed E-state index contributed by atoms with van der Waals surface area (Å²) >= 11 is 5.86. The smallest absolute Gasteiger partial charge is 0.289 e. The van der Waals surface area contributed by atoms with Crippen molar-refractivity contribution >= 4 is 41.0 Å². The summed E-state index contributed by atoms with van der Waals surface area (Å²) in [7, 11) is 0. The van der Waals surface area contributed by atoms with Gasteiger partial charge in [0.15, 0.2) is 5.76 Å². The number of aromatic nitrogens is 1. The second-order valence-electron chi connectivity index (χ2n) is 7.04. The van der Waals surface area contributed by atoms with Gasteiger partial charge in [-0.1, -0.05) is 23.7 Å². The summed E-state index contributed by atoms with van der Waals surface area (Å²) in [5.74, 6) is 0.827. The van der Waals surface area contributed by atoms with Gasteiger partial charge >= 0.3 is 0 Å². The van der Waals surface area contributed by atoms with Crippen molar-refractivity contribution in [3.8, 4) is 0 Å². The first kappa shape index (κ1) is 20.7. The first-order chi connectivity index (χ1) is 15.1. The highest BCUT2D eigenvalue weighted by Crippen LogP contribution is 2.18. The second kappa shape index (κ2) is 9.49. The first-order valence-electron chi connectivity index (χ1n) is 9.87. The van der Waals surface area contributed by atoms with Gasteiger partial charge in [-0.15, -0.1) is 0 Å². The van der Waals surface area contributed by atoms with Crippen molar-refractivity contribution in [2.24, 2.45) is 0 Å². The van der Waals surface area contributed by atoms with Crippen LogP contribution in [-0.4, -0.2) is 47.9 Å². The van der Waals surface area contributed by atoms with Crippen molar-refractivity contribution in [3.05, 3.63) is 83.4 Å². The Bertz CT molecular complexity index is 1060. The molecule has 0 saturated carbocycles. The molecule has 0 radical (unpaired) electrons. The van der Waals surface area contributed by atoms with Crippen molar-refractivity contribution in [2.45, 2.75) is 0 Å². The molecule has 1 aliphatic rings. The lowest BCUT2D eigenvalue weighted by molar-refractivity contribution is -0.111. The minimum atomic E-state index is -0.241. The number of rotatable bonds is 5. The number of piperazine rings is 1. The van der Waals surface area contributed by atoms with Crippen LogP contribution in [-0.2, 0) is 4.79 Å². The van der Waals surface area contributed by atoms with E-state index in [4.69, 9.17) is 16.0 Å². The van der Waals surface area contributed by atoms with Gasteiger partial charge in [0.2, 0.25) is 5.91 Å². The fourth-order valence-corrected chi connectivity index (χ4v) is 3.40. The summed E-state index contributed by atoms with van der Waals surface area (Å²) in [6, 6.07) is 14.3. The predicted molar refractivity (Wildman–Crippen MR) is 120 cm³/mol. The number of nitrogens with zero attached hydrogens (tertiary/aromatic N) is 3. The minimum absolute atomic E-state index is 0.0951. The van der Waals surface area contributed by atoms with E-state index in [1.807, 2.05) is 24.3 Å². The van der Waals surface area contributed by atoms with Crippen molar-refractivity contribution in [3.63, 3.8) is 0 Å². The number of hydrogen-bond donors (Lipinski definition) is 1. The number of benzene rings is 1. The third kappa shape index (κ3) is 5.32. The third-order valence-electron chi connectivity index (χ3n) is 4.94. The van der Waals surface area contributed by atoms with E-state index < -0.39 is 0 Å². The lowest BCUT2D eigenvalue weighted by Crippen LogP contribution is -2.49. The van der Waals surface area contributed by atoms with Crippen LogP contribution in [0.4, 0.5) is 11.5 Å². The zero-order valence-corrected chi connectivity index (χ0v) is 17.5. The molecule has 1 aromatic carbocycles. The number of halogens is 1. The molecule has 0 spiro atoms. The van der Waals surface area contributed by atoms with Gasteiger partial charge in [-0.25, -0.2) is 4.98 Å². The Hall–Kier alpha value is -3.58. The molecular formula is C23H21ClN4O3. The van der Waals surface area contributed by atoms with Crippen molar-refractivity contribution in [2.75, 3.05) is 36.4 Å². The number of hydrogen-bond acceptors (Lipinski definition) is 5. The molecule has 0 bridgehead atoms. The summed E-state index contributed by atoms with van der Waals surface area (Å²) in [6.45, 7) is 2.54. The zero-order chi connectivity index (χ0) is 21.6. The van der Waals surface area contributed by atoms with E-state index in [0.717, 1.165) is 11.4 Å². The second-order valence-corrected chi connectivity index (χ2v) is 7.47. The molecule has 1 saturated heterocycles. The molecule has 8 heteroatoms. The summed E-state index contributed by atoms with van der Waals surface area (Å²) in [5, 5.41) is 3.45. The highest BCUT2D eigenvalue weighted by atomic mass is 35.5. The van der Waals surface area contributed by atoms with E-state index in [1.165, 1.54) is 12.3 Å². The summed E-state index contributed by atoms with van der Waals surface area (Å²) in [5.41, 5.74) is 1.50. The number of furan rings is 1. The number of amides is 2. The van der Waals surface area contributed by atoms with Crippen molar-refractivity contribution in [1.82, 2.24) is 9.88 Å². The van der Waals surface area contributed by atoms with Gasteiger partial charge in [-0.05, 0) is 48.0 Å². The van der Waals surface area contributed by atoms with E-state index in [0.29, 0.717) is 42.6 Å². The minimum Gasteiger partial charge on any atom is -0.459 e. The Kier molecular flexibility index (Phi) is 6.33. The zero-order valence-electron chi connectivity index (χ0n) is 16.7. The van der Waals surface area contributed by atoms with Gasteiger partial charge in [-0.3, -0.25) is 9.59 Å². The molecule has 31 heavy (non-hydrogen) atoms. The van der Waals surface area contributed by atoms with Crippen LogP contribution in [0.15, 0.2) is 71.5 Å². The quantitative estimate of drug-likeness (QED) is 0.613. The monoisotopic (exact) mass is 436 g/mol. The average molecular weight is 437 g/mol. The van der Waals surface area contributed by atoms with E-state index in [2.05, 4.69) is 15.2 Å². The van der Waals surface area contributed by atoms with Crippen LogP contribution in [0.25, 0.3) is 6.08 Å². The Morgan fingerprint density at radius 1 is 1.03 bits per heavy atom. The molecule has 0 aliphatic carbocycles. The van der Waals surface area contributed by atoms with Gasteiger partial charge in [0.25, 0.3) is 5.91 Å². The van der Waals surface area contributed by atoms with Gasteiger partial charge in [0.1, 0.15) is 5.82 Å². The number of anilines is 2. The number of carbonyl (C=O) groups excluding carboxylic acids is 2. The highest BCUT2D eigenvalue weighted by molar-refractivity contribution is 6.30. The van der Waals surface area contributed by atoms with Gasteiger partial charge in [0, 0.05) is 37.3 Å². The van der Waals surface area contributed by atoms with E-state index in [-0.39, 0.29) is 11.8 Å². The average Bonchev–Trinajstić information content (AvgIpc) is 3.34. The number of carbonyl (C=O) groups is 2. The van der Waals surface area contributed by atoms with Crippen molar-refractivity contribution < 1.29 is 14.0 Å². The predicted octanol–water partition coefficient (Wildman–Crippen LogP) is 3.94. The summed E-state index contributed by atoms with van der Waals surface area (Å²) < 4.78 is 5.19. The van der Waals surface area contributed by atoms with Crippen LogP contribution in [0.2, 0.25) is 5.02 Å². The summed E-state index contributed by atoms with van der Waals surface area (Å²) in [4.78, 5) is 32.8. The number of pyridine rings is 1. The molecule has 158 valence electrons. The van der Waals surface area contributed by atoms with Crippen LogP contribution in [0.1, 0.15) is 16.1 Å². The maximum atomic E-state index is 12.4. The highest BCUT2D eigenvalue weighted by Gasteiger charge is 2.24. The Morgan fingerprint density at radius 3 is 2.45 bits per heavy atom. The standard InChI is InChI=1S/C23H21ClN4O3/c24-18-6-3-17(4-7-18)5-10-22(29)26-19-8-9-21(25-16-19)27-11-13-28(14-12-27)23(30)20-2-1-15-31-20/h1-10,15-16H,11-14H2,(H,26,29)/b10-5+. The normalized spacial score (nSPS) is 14.1. The van der Waals surface area contributed by atoms with Crippen LogP contribution >= 0.6 is 11.6 Å².